The van der Waals surface area contributed by atoms with Gasteiger partial charge in [-0.1, -0.05) is 12.5 Å². The maximum absolute atomic E-state index is 11.7. The number of benzene rings is 1. The molecule has 0 spiro atoms. The van der Waals surface area contributed by atoms with E-state index in [1.165, 1.54) is 6.07 Å². The molecule has 0 radical (unpaired) electrons. The fraction of sp³-hybridized carbons (Fsp3) is 0.562. The fourth-order valence-corrected chi connectivity index (χ4v) is 4.08. The molecular weight excluding hydrogens is 284 g/mol. The van der Waals surface area contributed by atoms with Crippen molar-refractivity contribution in [2.24, 2.45) is 11.3 Å². The van der Waals surface area contributed by atoms with Crippen molar-refractivity contribution in [3.63, 3.8) is 0 Å². The molecule has 2 aliphatic rings. The molecule has 1 N–H and O–H groups in total. The molecule has 0 unspecified atom stereocenters. The average Bonchev–Trinajstić information content (AvgIpc) is 2.98. The minimum atomic E-state index is -0.669. The van der Waals surface area contributed by atoms with Crippen LogP contribution in [0.4, 0.5) is 5.69 Å². The van der Waals surface area contributed by atoms with E-state index in [1.54, 1.807) is 12.1 Å². The summed E-state index contributed by atoms with van der Waals surface area (Å²) in [4.78, 5) is 24.3. The number of nitro benzene ring substituents is 1. The number of nitrogens with zero attached hydrogens (tertiary/aromatic N) is 2. The predicted octanol–water partition coefficient (Wildman–Crippen LogP) is 2.59. The summed E-state index contributed by atoms with van der Waals surface area (Å²) in [7, 11) is 0. The van der Waals surface area contributed by atoms with Gasteiger partial charge in [-0.25, -0.2) is 0 Å². The topological polar surface area (TPSA) is 83.7 Å². The smallest absolute Gasteiger partial charge is 0.311 e. The molecule has 1 heterocycles. The lowest BCUT2D eigenvalue weighted by Crippen LogP contribution is -2.35. The maximum Gasteiger partial charge on any atom is 0.311 e. The molecule has 6 nitrogen and oxygen atoms in total. The summed E-state index contributed by atoms with van der Waals surface area (Å²) in [5.74, 6) is -0.429. The number of nitro groups is 1. The van der Waals surface area contributed by atoms with Crippen LogP contribution in [0.15, 0.2) is 18.2 Å². The first-order chi connectivity index (χ1) is 10.4. The van der Waals surface area contributed by atoms with Crippen molar-refractivity contribution in [3.8, 4) is 0 Å². The van der Waals surface area contributed by atoms with Crippen LogP contribution in [0.2, 0.25) is 0 Å². The van der Waals surface area contributed by atoms with E-state index < -0.39 is 16.3 Å². The third kappa shape index (κ3) is 2.37. The van der Waals surface area contributed by atoms with Gasteiger partial charge < -0.3 is 5.11 Å². The van der Waals surface area contributed by atoms with Crippen molar-refractivity contribution in [3.05, 3.63) is 39.4 Å². The second-order valence-corrected chi connectivity index (χ2v) is 6.59. The van der Waals surface area contributed by atoms with E-state index in [-0.39, 0.29) is 11.6 Å². The Hall–Kier alpha value is -1.95. The number of hydrogen-bond donors (Lipinski definition) is 1. The third-order valence-electron chi connectivity index (χ3n) is 5.30. The summed E-state index contributed by atoms with van der Waals surface area (Å²) in [6, 6.07) is 4.89. The first-order valence-electron chi connectivity index (χ1n) is 7.62. The van der Waals surface area contributed by atoms with Crippen LogP contribution in [-0.2, 0) is 11.3 Å². The van der Waals surface area contributed by atoms with E-state index in [4.69, 9.17) is 0 Å². The predicted molar refractivity (Wildman–Crippen MR) is 80.5 cm³/mol. The summed E-state index contributed by atoms with van der Waals surface area (Å²) in [5, 5.41) is 20.4. The molecule has 2 fully saturated rings. The number of non-ortho nitro benzene ring substituents is 1. The highest BCUT2D eigenvalue weighted by Gasteiger charge is 2.54. The molecular formula is C16H20N2O4. The second kappa shape index (κ2) is 5.35. The highest BCUT2D eigenvalue weighted by atomic mass is 16.6. The van der Waals surface area contributed by atoms with Crippen molar-refractivity contribution >= 4 is 11.7 Å². The van der Waals surface area contributed by atoms with Crippen LogP contribution in [-0.4, -0.2) is 34.0 Å². The van der Waals surface area contributed by atoms with Gasteiger partial charge >= 0.3 is 5.97 Å². The summed E-state index contributed by atoms with van der Waals surface area (Å²) < 4.78 is 0. The second-order valence-electron chi connectivity index (χ2n) is 6.59. The number of aryl methyl sites for hydroxylation is 1. The van der Waals surface area contributed by atoms with Crippen molar-refractivity contribution < 1.29 is 14.8 Å². The molecule has 1 aromatic carbocycles. The Labute approximate surface area is 128 Å². The van der Waals surface area contributed by atoms with Crippen LogP contribution < -0.4 is 0 Å². The van der Waals surface area contributed by atoms with Crippen molar-refractivity contribution in [1.29, 1.82) is 0 Å². The average molecular weight is 304 g/mol. The first kappa shape index (κ1) is 15.0. The fourth-order valence-electron chi connectivity index (χ4n) is 4.08. The zero-order valence-corrected chi connectivity index (χ0v) is 12.6. The van der Waals surface area contributed by atoms with Gasteiger partial charge in [0.05, 0.1) is 10.3 Å². The van der Waals surface area contributed by atoms with Crippen LogP contribution in [0.3, 0.4) is 0 Å². The molecule has 1 saturated carbocycles. The lowest BCUT2D eigenvalue weighted by atomic mass is 9.81. The number of aliphatic carboxylic acids is 1. The van der Waals surface area contributed by atoms with E-state index >= 15 is 0 Å². The van der Waals surface area contributed by atoms with Crippen molar-refractivity contribution in [1.82, 2.24) is 4.90 Å². The Morgan fingerprint density at radius 2 is 2.32 bits per heavy atom. The number of fused-ring (bicyclic) bond motifs is 1. The van der Waals surface area contributed by atoms with Gasteiger partial charge in [0.2, 0.25) is 0 Å². The summed E-state index contributed by atoms with van der Waals surface area (Å²) in [5.41, 5.74) is 1.44. The van der Waals surface area contributed by atoms with Crippen LogP contribution in [0.25, 0.3) is 0 Å². The van der Waals surface area contributed by atoms with Gasteiger partial charge in [0, 0.05) is 31.8 Å². The summed E-state index contributed by atoms with van der Waals surface area (Å²) in [6.45, 7) is 3.92. The lowest BCUT2D eigenvalue weighted by Gasteiger charge is -2.23. The molecule has 0 amide bonds. The minimum Gasteiger partial charge on any atom is -0.481 e. The molecule has 3 rings (SSSR count). The van der Waals surface area contributed by atoms with Gasteiger partial charge in [0.15, 0.2) is 0 Å². The number of rotatable bonds is 4. The minimum absolute atomic E-state index is 0.0987. The molecule has 118 valence electrons. The normalized spacial score (nSPS) is 27.8. The first-order valence-corrected chi connectivity index (χ1v) is 7.62. The molecule has 1 saturated heterocycles. The van der Waals surface area contributed by atoms with Gasteiger partial charge in [-0.15, -0.1) is 0 Å². The van der Waals surface area contributed by atoms with Crippen LogP contribution in [0, 0.1) is 28.4 Å². The number of carboxylic acids is 1. The monoisotopic (exact) mass is 304 g/mol. The van der Waals surface area contributed by atoms with Gasteiger partial charge in [-0.3, -0.25) is 19.8 Å². The lowest BCUT2D eigenvalue weighted by molar-refractivity contribution is -0.384. The van der Waals surface area contributed by atoms with Gasteiger partial charge in [0.25, 0.3) is 5.69 Å². The Kier molecular flexibility index (Phi) is 3.64. The third-order valence-corrected chi connectivity index (χ3v) is 5.30. The van der Waals surface area contributed by atoms with Crippen LogP contribution in [0.1, 0.15) is 30.4 Å². The zero-order valence-electron chi connectivity index (χ0n) is 12.6. The number of hydrogen-bond acceptors (Lipinski definition) is 4. The molecule has 0 aromatic heterocycles. The van der Waals surface area contributed by atoms with Crippen molar-refractivity contribution in [2.45, 2.75) is 32.7 Å². The Bertz CT molecular complexity index is 631. The molecule has 1 aromatic rings. The van der Waals surface area contributed by atoms with E-state index in [1.807, 2.05) is 6.92 Å². The van der Waals surface area contributed by atoms with Crippen LogP contribution >= 0.6 is 0 Å². The Morgan fingerprint density at radius 1 is 1.55 bits per heavy atom. The van der Waals surface area contributed by atoms with Gasteiger partial charge in [0.1, 0.15) is 0 Å². The van der Waals surface area contributed by atoms with E-state index in [9.17, 15) is 20.0 Å². The molecule has 1 aliphatic heterocycles. The summed E-state index contributed by atoms with van der Waals surface area (Å²) in [6.07, 6.45) is 2.76. The standard InChI is InChI=1S/C16H20N2O4/c1-11-7-14(18(21)22)5-4-12(11)8-17-9-13-3-2-6-16(13,10-17)15(19)20/h4-5,7,13H,2-3,6,8-10H2,1H3,(H,19,20)/t13-,16+/m0/s1. The molecule has 22 heavy (non-hydrogen) atoms. The van der Waals surface area contributed by atoms with E-state index in [0.29, 0.717) is 13.1 Å². The number of carboxylic acid groups (broad SMARTS) is 1. The maximum atomic E-state index is 11.7. The zero-order chi connectivity index (χ0) is 15.9. The Balaban J connectivity index is 1.75. The summed E-state index contributed by atoms with van der Waals surface area (Å²) >= 11 is 0. The largest absolute Gasteiger partial charge is 0.481 e. The van der Waals surface area contributed by atoms with Gasteiger partial charge in [-0.2, -0.15) is 0 Å². The Morgan fingerprint density at radius 3 is 2.91 bits per heavy atom. The quantitative estimate of drug-likeness (QED) is 0.682. The van der Waals surface area contributed by atoms with E-state index in [2.05, 4.69) is 4.90 Å². The SMILES string of the molecule is Cc1cc([N+](=O)[O-])ccc1CN1C[C@@H]2CCC[C@@]2(C(=O)O)C1. The molecule has 0 bridgehead atoms. The molecule has 2 atom stereocenters. The van der Waals surface area contributed by atoms with Crippen LogP contribution in [0.5, 0.6) is 0 Å². The highest BCUT2D eigenvalue weighted by Crippen LogP contribution is 2.49. The molecule has 6 heteroatoms. The van der Waals surface area contributed by atoms with Crippen molar-refractivity contribution in [2.75, 3.05) is 13.1 Å². The molecule has 1 aliphatic carbocycles. The highest BCUT2D eigenvalue weighted by molar-refractivity contribution is 5.76. The number of carbonyl (C=O) groups is 1. The number of likely N-dealkylation sites (tertiary alicyclic amines) is 1. The van der Waals surface area contributed by atoms with E-state index in [0.717, 1.165) is 36.9 Å². The van der Waals surface area contributed by atoms with Gasteiger partial charge in [-0.05, 0) is 36.8 Å².